The predicted octanol–water partition coefficient (Wildman–Crippen LogP) is 2.27. The van der Waals surface area contributed by atoms with Crippen molar-refractivity contribution >= 4 is 26.6 Å². The zero-order chi connectivity index (χ0) is 19.7. The molecule has 142 valence electrons. The Labute approximate surface area is 157 Å². The van der Waals surface area contributed by atoms with Gasteiger partial charge in [0, 0.05) is 17.8 Å². The minimum Gasteiger partial charge on any atom is -0.289 e. The van der Waals surface area contributed by atoms with Gasteiger partial charge in [0.25, 0.3) is 5.91 Å². The van der Waals surface area contributed by atoms with Crippen LogP contribution in [-0.2, 0) is 21.1 Å². The van der Waals surface area contributed by atoms with Crippen LogP contribution >= 0.6 is 0 Å². The van der Waals surface area contributed by atoms with E-state index in [4.69, 9.17) is 5.21 Å². The summed E-state index contributed by atoms with van der Waals surface area (Å²) in [4.78, 5) is 11.9. The van der Waals surface area contributed by atoms with Crippen LogP contribution < -0.4 is 5.48 Å². The molecule has 0 fully saturated rings. The van der Waals surface area contributed by atoms with Crippen LogP contribution in [0.3, 0.4) is 0 Å². The maximum atomic E-state index is 12.0. The molecule has 7 nitrogen and oxygen atoms in total. The number of amides is 1. The number of nitrogens with zero attached hydrogens (tertiary/aromatic N) is 2. The Morgan fingerprint density at radius 1 is 1.19 bits per heavy atom. The van der Waals surface area contributed by atoms with Crippen molar-refractivity contribution in [1.29, 1.82) is 0 Å². The molecule has 0 spiro atoms. The number of benzene rings is 2. The second-order valence-corrected chi connectivity index (χ2v) is 9.19. The Hall–Kier alpha value is -2.71. The zero-order valence-electron chi connectivity index (χ0n) is 15.1. The van der Waals surface area contributed by atoms with Gasteiger partial charge in [0.1, 0.15) is 4.75 Å². The van der Waals surface area contributed by atoms with Crippen molar-refractivity contribution in [3.05, 3.63) is 60.3 Å². The van der Waals surface area contributed by atoms with Gasteiger partial charge in [-0.15, -0.1) is 0 Å². The fraction of sp³-hybridized carbons (Fsp3) is 0.263. The van der Waals surface area contributed by atoms with Crippen molar-refractivity contribution in [2.24, 2.45) is 0 Å². The third kappa shape index (κ3) is 3.72. The van der Waals surface area contributed by atoms with Crippen LogP contribution in [-0.4, -0.2) is 40.3 Å². The molecule has 3 aromatic rings. The number of rotatable bonds is 6. The van der Waals surface area contributed by atoms with Crippen LogP contribution in [0.15, 0.2) is 54.7 Å². The first-order valence-corrected chi connectivity index (χ1v) is 10.3. The van der Waals surface area contributed by atoms with Gasteiger partial charge >= 0.3 is 0 Å². The fourth-order valence-corrected chi connectivity index (χ4v) is 3.74. The Morgan fingerprint density at radius 2 is 1.85 bits per heavy atom. The summed E-state index contributed by atoms with van der Waals surface area (Å²) in [6.07, 6.45) is 3.37. The minimum atomic E-state index is -3.70. The molecule has 3 rings (SSSR count). The van der Waals surface area contributed by atoms with E-state index in [9.17, 15) is 13.2 Å². The molecule has 0 radical (unpaired) electrons. The van der Waals surface area contributed by atoms with Crippen LogP contribution in [0.2, 0.25) is 0 Å². The lowest BCUT2D eigenvalue weighted by Gasteiger charge is -2.25. The molecule has 8 heteroatoms. The number of carbonyl (C=O) groups excluding carboxylic acids is 1. The standard InChI is InChI=1S/C19H21N3O4S/c1-19(18(23)21-24,27(2,25)26)12-11-14-7-9-16(10-8-14)22-13-15-5-3-4-6-17(15)20-22/h3-10,13,24H,11-12H2,1-2H3,(H,21,23). The summed E-state index contributed by atoms with van der Waals surface area (Å²) in [6, 6.07) is 15.4. The van der Waals surface area contributed by atoms with Crippen LogP contribution in [0.4, 0.5) is 0 Å². The van der Waals surface area contributed by atoms with Gasteiger partial charge in [0.15, 0.2) is 9.84 Å². The average molecular weight is 387 g/mol. The van der Waals surface area contributed by atoms with Gasteiger partial charge in [-0.3, -0.25) is 10.0 Å². The van der Waals surface area contributed by atoms with E-state index in [0.29, 0.717) is 6.42 Å². The van der Waals surface area contributed by atoms with E-state index in [1.165, 1.54) is 12.4 Å². The summed E-state index contributed by atoms with van der Waals surface area (Å²) in [7, 11) is -3.70. The number of nitrogens with one attached hydrogen (secondary N) is 1. The van der Waals surface area contributed by atoms with Crippen LogP contribution in [0, 0.1) is 0 Å². The van der Waals surface area contributed by atoms with Gasteiger partial charge in [0.2, 0.25) is 0 Å². The number of sulfone groups is 1. The highest BCUT2D eigenvalue weighted by atomic mass is 32.2. The molecule has 27 heavy (non-hydrogen) atoms. The van der Waals surface area contributed by atoms with E-state index in [1.807, 2.05) is 54.7 Å². The maximum absolute atomic E-state index is 12.0. The monoisotopic (exact) mass is 387 g/mol. The van der Waals surface area contributed by atoms with E-state index < -0.39 is 20.5 Å². The third-order valence-electron chi connectivity index (χ3n) is 4.91. The van der Waals surface area contributed by atoms with E-state index >= 15 is 0 Å². The summed E-state index contributed by atoms with van der Waals surface area (Å²) in [5, 5.41) is 14.4. The molecule has 1 unspecified atom stereocenters. The number of hydroxylamine groups is 1. The first kappa shape index (κ1) is 19.1. The van der Waals surface area contributed by atoms with Gasteiger partial charge in [-0.05, 0) is 43.5 Å². The molecule has 0 saturated heterocycles. The average Bonchev–Trinajstić information content (AvgIpc) is 3.09. The second-order valence-electron chi connectivity index (χ2n) is 6.74. The molecular weight excluding hydrogens is 366 g/mol. The number of hydrogen-bond acceptors (Lipinski definition) is 5. The van der Waals surface area contributed by atoms with Crippen molar-refractivity contribution < 1.29 is 18.4 Å². The van der Waals surface area contributed by atoms with Crippen molar-refractivity contribution in [2.45, 2.75) is 24.5 Å². The smallest absolute Gasteiger partial charge is 0.264 e. The highest BCUT2D eigenvalue weighted by Gasteiger charge is 2.43. The van der Waals surface area contributed by atoms with Crippen molar-refractivity contribution in [2.75, 3.05) is 6.26 Å². The molecule has 0 aliphatic heterocycles. The van der Waals surface area contributed by atoms with E-state index in [2.05, 4.69) is 5.10 Å². The minimum absolute atomic E-state index is 0.0588. The van der Waals surface area contributed by atoms with E-state index in [-0.39, 0.29) is 6.42 Å². The quantitative estimate of drug-likeness (QED) is 0.499. The van der Waals surface area contributed by atoms with Crippen molar-refractivity contribution in [1.82, 2.24) is 15.3 Å². The van der Waals surface area contributed by atoms with Gasteiger partial charge in [-0.2, -0.15) is 5.10 Å². The number of carbonyl (C=O) groups is 1. The Kier molecular flexibility index (Phi) is 5.03. The normalized spacial score (nSPS) is 14.0. The van der Waals surface area contributed by atoms with E-state index in [0.717, 1.165) is 28.4 Å². The summed E-state index contributed by atoms with van der Waals surface area (Å²) in [5.41, 5.74) is 4.13. The summed E-state index contributed by atoms with van der Waals surface area (Å²) >= 11 is 0. The third-order valence-corrected chi connectivity index (χ3v) is 6.93. The van der Waals surface area contributed by atoms with Crippen LogP contribution in [0.1, 0.15) is 18.9 Å². The predicted molar refractivity (Wildman–Crippen MR) is 103 cm³/mol. The van der Waals surface area contributed by atoms with Crippen molar-refractivity contribution in [3.8, 4) is 5.69 Å². The van der Waals surface area contributed by atoms with Crippen LogP contribution in [0.25, 0.3) is 16.6 Å². The molecule has 2 N–H and O–H groups in total. The van der Waals surface area contributed by atoms with Gasteiger partial charge in [-0.1, -0.05) is 30.3 Å². The molecule has 1 atom stereocenters. The molecule has 0 bridgehead atoms. The van der Waals surface area contributed by atoms with Gasteiger partial charge in [0.05, 0.1) is 11.2 Å². The fourth-order valence-electron chi connectivity index (χ4n) is 2.88. The first-order valence-electron chi connectivity index (χ1n) is 8.42. The molecule has 2 aromatic carbocycles. The Bertz CT molecular complexity index is 1040. The molecule has 0 aliphatic rings. The number of fused-ring (bicyclic) bond motifs is 1. The molecule has 0 aliphatic carbocycles. The number of hydrogen-bond donors (Lipinski definition) is 2. The molecule has 0 saturated carbocycles. The Balaban J connectivity index is 1.78. The number of aromatic nitrogens is 2. The lowest BCUT2D eigenvalue weighted by molar-refractivity contribution is -0.131. The highest BCUT2D eigenvalue weighted by molar-refractivity contribution is 7.92. The summed E-state index contributed by atoms with van der Waals surface area (Å²) in [6.45, 7) is 1.32. The molecule has 1 heterocycles. The zero-order valence-corrected chi connectivity index (χ0v) is 15.9. The largest absolute Gasteiger partial charge is 0.289 e. The lowest BCUT2D eigenvalue weighted by Crippen LogP contribution is -2.49. The summed E-state index contributed by atoms with van der Waals surface area (Å²) in [5.74, 6) is -0.926. The first-order chi connectivity index (χ1) is 12.7. The van der Waals surface area contributed by atoms with E-state index in [1.54, 1.807) is 4.68 Å². The Morgan fingerprint density at radius 3 is 2.44 bits per heavy atom. The molecular formula is C19H21N3O4S. The molecule has 1 amide bonds. The summed E-state index contributed by atoms with van der Waals surface area (Å²) < 4.78 is 24.1. The number of aryl methyl sites for hydroxylation is 1. The van der Waals surface area contributed by atoms with Crippen molar-refractivity contribution in [3.63, 3.8) is 0 Å². The van der Waals surface area contributed by atoms with Gasteiger partial charge in [-0.25, -0.2) is 18.6 Å². The van der Waals surface area contributed by atoms with Gasteiger partial charge < -0.3 is 0 Å². The lowest BCUT2D eigenvalue weighted by atomic mass is 9.99. The second kappa shape index (κ2) is 7.13. The topological polar surface area (TPSA) is 101 Å². The molecule has 1 aromatic heterocycles. The highest BCUT2D eigenvalue weighted by Crippen LogP contribution is 2.24. The maximum Gasteiger partial charge on any atom is 0.264 e. The van der Waals surface area contributed by atoms with Crippen LogP contribution in [0.5, 0.6) is 0 Å². The SMILES string of the molecule is CC(CCc1ccc(-n2cc3ccccc3n2)cc1)(C(=O)NO)S(C)(=O)=O.